The van der Waals surface area contributed by atoms with Crippen molar-refractivity contribution in [2.75, 3.05) is 13.1 Å². The van der Waals surface area contributed by atoms with Crippen LogP contribution in [0.1, 0.15) is 32.3 Å². The average Bonchev–Trinajstić information content (AvgIpc) is 2.35. The number of hydrogen-bond donors (Lipinski definition) is 2. The van der Waals surface area contributed by atoms with Gasteiger partial charge in [-0.25, -0.2) is 0 Å². The highest BCUT2D eigenvalue weighted by Crippen LogP contribution is 2.24. The Morgan fingerprint density at radius 3 is 2.29 bits per heavy atom. The first-order valence-corrected chi connectivity index (χ1v) is 7.00. The molecule has 0 aliphatic heterocycles. The predicted molar refractivity (Wildman–Crippen MR) is 75.2 cm³/mol. The van der Waals surface area contributed by atoms with Crippen LogP contribution in [0.2, 0.25) is 0 Å². The third-order valence-electron chi connectivity index (χ3n) is 3.01. The maximum atomic E-state index is 12.0. The molecule has 3 nitrogen and oxygen atoms in total. The standard InChI is InChI=1S/C15H22F3NO2/c1-3-9-19-10-8-14(2,20)11-12-4-6-13(7-5-12)21-15(16,17)18/h4-7,19-20H,3,8-11H2,1-2H3. The molecule has 0 fully saturated rings. The number of halogens is 3. The number of rotatable bonds is 8. The lowest BCUT2D eigenvalue weighted by atomic mass is 9.93. The summed E-state index contributed by atoms with van der Waals surface area (Å²) in [6.07, 6.45) is -2.69. The van der Waals surface area contributed by atoms with Crippen molar-refractivity contribution in [1.82, 2.24) is 5.32 Å². The second-order valence-corrected chi connectivity index (χ2v) is 5.37. The molecule has 0 saturated heterocycles. The Morgan fingerprint density at radius 1 is 1.14 bits per heavy atom. The van der Waals surface area contributed by atoms with Gasteiger partial charge in [0.05, 0.1) is 5.60 Å². The number of ether oxygens (including phenoxy) is 1. The summed E-state index contributed by atoms with van der Waals surface area (Å²) in [7, 11) is 0. The molecule has 2 N–H and O–H groups in total. The van der Waals surface area contributed by atoms with Crippen LogP contribution in [0.15, 0.2) is 24.3 Å². The quantitative estimate of drug-likeness (QED) is 0.724. The third-order valence-corrected chi connectivity index (χ3v) is 3.01. The minimum Gasteiger partial charge on any atom is -0.406 e. The van der Waals surface area contributed by atoms with Crippen LogP contribution in [0.25, 0.3) is 0 Å². The molecule has 1 atom stereocenters. The molecule has 0 bridgehead atoms. The Kier molecular flexibility index (Phi) is 6.48. The summed E-state index contributed by atoms with van der Waals surface area (Å²) in [5.74, 6) is -0.254. The molecule has 1 unspecified atom stereocenters. The Hall–Kier alpha value is -1.27. The molecule has 6 heteroatoms. The van der Waals surface area contributed by atoms with Crippen LogP contribution in [0.4, 0.5) is 13.2 Å². The number of aliphatic hydroxyl groups is 1. The van der Waals surface area contributed by atoms with Crippen LogP contribution >= 0.6 is 0 Å². The van der Waals surface area contributed by atoms with Gasteiger partial charge in [-0.1, -0.05) is 19.1 Å². The zero-order valence-electron chi connectivity index (χ0n) is 12.3. The van der Waals surface area contributed by atoms with Gasteiger partial charge in [0.2, 0.25) is 0 Å². The van der Waals surface area contributed by atoms with Crippen LogP contribution in [0, 0.1) is 0 Å². The van der Waals surface area contributed by atoms with E-state index in [1.807, 2.05) is 0 Å². The van der Waals surface area contributed by atoms with Crippen LogP contribution < -0.4 is 10.1 Å². The molecular weight excluding hydrogens is 283 g/mol. The molecule has 0 radical (unpaired) electrons. The van der Waals surface area contributed by atoms with E-state index in [9.17, 15) is 18.3 Å². The third kappa shape index (κ3) is 7.92. The molecule has 0 spiro atoms. The summed E-state index contributed by atoms with van der Waals surface area (Å²) in [6.45, 7) is 5.39. The maximum Gasteiger partial charge on any atom is 0.573 e. The topological polar surface area (TPSA) is 41.5 Å². The van der Waals surface area contributed by atoms with E-state index in [4.69, 9.17) is 0 Å². The maximum absolute atomic E-state index is 12.0. The summed E-state index contributed by atoms with van der Waals surface area (Å²) in [5, 5.41) is 13.5. The molecule has 0 aromatic heterocycles. The summed E-state index contributed by atoms with van der Waals surface area (Å²) >= 11 is 0. The zero-order valence-corrected chi connectivity index (χ0v) is 12.3. The van der Waals surface area contributed by atoms with Crippen molar-refractivity contribution in [3.05, 3.63) is 29.8 Å². The molecule has 120 valence electrons. The zero-order chi connectivity index (χ0) is 15.9. The first-order chi connectivity index (χ1) is 9.72. The van der Waals surface area contributed by atoms with Gasteiger partial charge in [0.25, 0.3) is 0 Å². The fourth-order valence-corrected chi connectivity index (χ4v) is 2.00. The SMILES string of the molecule is CCCNCCC(C)(O)Cc1ccc(OC(F)(F)F)cc1. The van der Waals surface area contributed by atoms with E-state index in [0.717, 1.165) is 18.5 Å². The van der Waals surface area contributed by atoms with Crippen molar-refractivity contribution in [2.45, 2.75) is 45.1 Å². The van der Waals surface area contributed by atoms with E-state index in [2.05, 4.69) is 17.0 Å². The lowest BCUT2D eigenvalue weighted by Crippen LogP contribution is -2.32. The fourth-order valence-electron chi connectivity index (χ4n) is 2.00. The Balaban J connectivity index is 2.50. The van der Waals surface area contributed by atoms with Crippen molar-refractivity contribution >= 4 is 0 Å². The van der Waals surface area contributed by atoms with Crippen molar-refractivity contribution < 1.29 is 23.0 Å². The van der Waals surface area contributed by atoms with Gasteiger partial charge >= 0.3 is 6.36 Å². The molecule has 0 aliphatic rings. The molecule has 0 amide bonds. The predicted octanol–water partition coefficient (Wildman–Crippen LogP) is 3.27. The van der Waals surface area contributed by atoms with Crippen LogP contribution in [-0.4, -0.2) is 30.2 Å². The second kappa shape index (κ2) is 7.66. The molecule has 21 heavy (non-hydrogen) atoms. The van der Waals surface area contributed by atoms with Crippen LogP contribution in [0.3, 0.4) is 0 Å². The molecule has 0 saturated carbocycles. The highest BCUT2D eigenvalue weighted by molar-refractivity contribution is 5.28. The van der Waals surface area contributed by atoms with Gasteiger partial charge in [-0.05, 0) is 50.6 Å². The molecular formula is C15H22F3NO2. The van der Waals surface area contributed by atoms with Crippen molar-refractivity contribution in [1.29, 1.82) is 0 Å². The molecule has 0 heterocycles. The average molecular weight is 305 g/mol. The van der Waals surface area contributed by atoms with Gasteiger partial charge in [0.1, 0.15) is 5.75 Å². The summed E-state index contributed by atoms with van der Waals surface area (Å²) in [4.78, 5) is 0. The van der Waals surface area contributed by atoms with Gasteiger partial charge in [-0.15, -0.1) is 13.2 Å². The highest BCUT2D eigenvalue weighted by atomic mass is 19.4. The number of benzene rings is 1. The Labute approximate surface area is 123 Å². The summed E-state index contributed by atoms with van der Waals surface area (Å²) in [6, 6.07) is 5.59. The van der Waals surface area contributed by atoms with E-state index in [-0.39, 0.29) is 5.75 Å². The van der Waals surface area contributed by atoms with E-state index >= 15 is 0 Å². The van der Waals surface area contributed by atoms with Gasteiger partial charge in [-0.2, -0.15) is 0 Å². The van der Waals surface area contributed by atoms with Crippen LogP contribution in [0.5, 0.6) is 5.75 Å². The van der Waals surface area contributed by atoms with E-state index in [0.29, 0.717) is 19.4 Å². The molecule has 0 aliphatic carbocycles. The Bertz CT molecular complexity index is 416. The normalized spacial score (nSPS) is 14.8. The molecule has 1 rings (SSSR count). The monoisotopic (exact) mass is 305 g/mol. The van der Waals surface area contributed by atoms with E-state index < -0.39 is 12.0 Å². The number of nitrogens with one attached hydrogen (secondary N) is 1. The van der Waals surface area contributed by atoms with Gasteiger partial charge in [0, 0.05) is 6.42 Å². The summed E-state index contributed by atoms with van der Waals surface area (Å²) in [5.41, 5.74) is -0.127. The van der Waals surface area contributed by atoms with Crippen molar-refractivity contribution in [3.8, 4) is 5.75 Å². The smallest absolute Gasteiger partial charge is 0.406 e. The van der Waals surface area contributed by atoms with Gasteiger partial charge < -0.3 is 15.2 Å². The van der Waals surface area contributed by atoms with Gasteiger partial charge in [-0.3, -0.25) is 0 Å². The Morgan fingerprint density at radius 2 is 1.76 bits per heavy atom. The lowest BCUT2D eigenvalue weighted by Gasteiger charge is -2.23. The van der Waals surface area contributed by atoms with Gasteiger partial charge in [0.15, 0.2) is 0 Å². The number of hydrogen-bond acceptors (Lipinski definition) is 3. The van der Waals surface area contributed by atoms with Crippen molar-refractivity contribution in [2.24, 2.45) is 0 Å². The van der Waals surface area contributed by atoms with E-state index in [1.54, 1.807) is 6.92 Å². The minimum atomic E-state index is -4.68. The van der Waals surface area contributed by atoms with Crippen molar-refractivity contribution in [3.63, 3.8) is 0 Å². The minimum absolute atomic E-state index is 0.254. The molecule has 1 aromatic carbocycles. The molecule has 1 aromatic rings. The van der Waals surface area contributed by atoms with Crippen LogP contribution in [-0.2, 0) is 6.42 Å². The lowest BCUT2D eigenvalue weighted by molar-refractivity contribution is -0.274. The first kappa shape index (κ1) is 17.8. The fraction of sp³-hybridized carbons (Fsp3) is 0.600. The first-order valence-electron chi connectivity index (χ1n) is 7.00. The summed E-state index contributed by atoms with van der Waals surface area (Å²) < 4.78 is 39.9. The number of alkyl halides is 3. The van der Waals surface area contributed by atoms with E-state index in [1.165, 1.54) is 24.3 Å². The highest BCUT2D eigenvalue weighted by Gasteiger charge is 2.31. The second-order valence-electron chi connectivity index (χ2n) is 5.37. The largest absolute Gasteiger partial charge is 0.573 e.